The van der Waals surface area contributed by atoms with E-state index in [0.717, 1.165) is 5.56 Å². The van der Waals surface area contributed by atoms with E-state index in [0.29, 0.717) is 36.9 Å². The molecule has 1 amide bonds. The summed E-state index contributed by atoms with van der Waals surface area (Å²) in [7, 11) is 1.63. The van der Waals surface area contributed by atoms with E-state index in [4.69, 9.17) is 15.2 Å². The molecule has 112 valence electrons. The molecule has 6 heteroatoms. The fraction of sp³-hybridized carbons (Fsp3) is 0.267. The van der Waals surface area contributed by atoms with Gasteiger partial charge in [0.15, 0.2) is 0 Å². The largest absolute Gasteiger partial charge is 0.397 e. The van der Waals surface area contributed by atoms with E-state index >= 15 is 0 Å². The lowest BCUT2D eigenvalue weighted by Crippen LogP contribution is -2.12. The van der Waals surface area contributed by atoms with Gasteiger partial charge < -0.3 is 25.5 Å². The number of nitrogen functional groups attached to an aromatic ring is 1. The molecule has 1 aromatic carbocycles. The Morgan fingerprint density at radius 1 is 1.33 bits per heavy atom. The van der Waals surface area contributed by atoms with Crippen LogP contribution in [0.2, 0.25) is 0 Å². The van der Waals surface area contributed by atoms with Crippen molar-refractivity contribution in [3.8, 4) is 0 Å². The Kier molecular flexibility index (Phi) is 5.36. The van der Waals surface area contributed by atoms with Gasteiger partial charge in [-0.15, -0.1) is 0 Å². The van der Waals surface area contributed by atoms with Gasteiger partial charge in [0.1, 0.15) is 5.69 Å². The Morgan fingerprint density at radius 2 is 2.19 bits per heavy atom. The number of methoxy groups -OCH3 is 1. The zero-order chi connectivity index (χ0) is 15.1. The maximum Gasteiger partial charge on any atom is 0.272 e. The van der Waals surface area contributed by atoms with E-state index in [1.165, 1.54) is 0 Å². The number of carbonyl (C=O) groups excluding carboxylic acids is 1. The van der Waals surface area contributed by atoms with Crippen LogP contribution in [0.5, 0.6) is 0 Å². The number of hydrogen-bond donors (Lipinski definition) is 3. The number of rotatable bonds is 7. The molecule has 2 rings (SSSR count). The molecule has 0 aliphatic carbocycles. The van der Waals surface area contributed by atoms with Gasteiger partial charge in [0.05, 0.1) is 19.8 Å². The van der Waals surface area contributed by atoms with Gasteiger partial charge in [-0.1, -0.05) is 12.1 Å². The molecule has 1 heterocycles. The predicted molar refractivity (Wildman–Crippen MR) is 81.1 cm³/mol. The van der Waals surface area contributed by atoms with Crippen molar-refractivity contribution in [1.82, 2.24) is 4.98 Å². The molecule has 2 aromatic rings. The van der Waals surface area contributed by atoms with Gasteiger partial charge in [0.25, 0.3) is 5.91 Å². The highest BCUT2D eigenvalue weighted by Gasteiger charge is 2.08. The minimum Gasteiger partial charge on any atom is -0.397 e. The number of aromatic nitrogens is 1. The number of nitrogens with two attached hydrogens (primary N) is 1. The van der Waals surface area contributed by atoms with Gasteiger partial charge in [-0.25, -0.2) is 0 Å². The van der Waals surface area contributed by atoms with E-state index in [1.54, 1.807) is 19.4 Å². The molecule has 0 aliphatic rings. The molecule has 0 unspecified atom stereocenters. The Bertz CT molecular complexity index is 595. The topological polar surface area (TPSA) is 89.4 Å². The fourth-order valence-electron chi connectivity index (χ4n) is 1.81. The van der Waals surface area contributed by atoms with Crippen molar-refractivity contribution >= 4 is 17.3 Å². The minimum atomic E-state index is -0.232. The predicted octanol–water partition coefficient (Wildman–Crippen LogP) is 2.01. The number of hydrogen-bond acceptors (Lipinski definition) is 4. The summed E-state index contributed by atoms with van der Waals surface area (Å²) in [5.74, 6) is -0.232. The van der Waals surface area contributed by atoms with Gasteiger partial charge in [-0.05, 0) is 23.8 Å². The quantitative estimate of drug-likeness (QED) is 0.680. The van der Waals surface area contributed by atoms with Crippen LogP contribution < -0.4 is 11.1 Å². The SMILES string of the molecule is COCCOCc1cccc(NC(=O)c2cc(N)c[nH]2)c1. The summed E-state index contributed by atoms with van der Waals surface area (Å²) in [5, 5.41) is 2.81. The van der Waals surface area contributed by atoms with Crippen LogP contribution in [0.4, 0.5) is 11.4 Å². The molecule has 0 saturated heterocycles. The van der Waals surface area contributed by atoms with Crippen LogP contribution in [0, 0.1) is 0 Å². The van der Waals surface area contributed by atoms with E-state index in [-0.39, 0.29) is 5.91 Å². The number of H-pyrrole nitrogens is 1. The summed E-state index contributed by atoms with van der Waals surface area (Å²) in [6, 6.07) is 9.09. The van der Waals surface area contributed by atoms with Crippen LogP contribution in [0.1, 0.15) is 16.1 Å². The van der Waals surface area contributed by atoms with Gasteiger partial charge >= 0.3 is 0 Å². The first-order valence-electron chi connectivity index (χ1n) is 6.60. The average Bonchev–Trinajstić information content (AvgIpc) is 2.91. The Balaban J connectivity index is 1.92. The summed E-state index contributed by atoms with van der Waals surface area (Å²) in [6.07, 6.45) is 1.58. The van der Waals surface area contributed by atoms with Crippen molar-refractivity contribution in [3.05, 3.63) is 47.8 Å². The summed E-state index contributed by atoms with van der Waals surface area (Å²) < 4.78 is 10.4. The van der Waals surface area contributed by atoms with Crippen molar-refractivity contribution < 1.29 is 14.3 Å². The number of nitrogens with one attached hydrogen (secondary N) is 2. The van der Waals surface area contributed by atoms with Crippen molar-refractivity contribution in [1.29, 1.82) is 0 Å². The monoisotopic (exact) mass is 289 g/mol. The van der Waals surface area contributed by atoms with E-state index < -0.39 is 0 Å². The van der Waals surface area contributed by atoms with Gasteiger partial charge in [0.2, 0.25) is 0 Å². The number of anilines is 2. The number of ether oxygens (including phenoxy) is 2. The van der Waals surface area contributed by atoms with E-state index in [2.05, 4.69) is 10.3 Å². The Labute approximate surface area is 123 Å². The highest BCUT2D eigenvalue weighted by atomic mass is 16.5. The molecule has 21 heavy (non-hydrogen) atoms. The Hall–Kier alpha value is -2.31. The molecule has 0 aliphatic heterocycles. The first kappa shape index (κ1) is 15.1. The number of benzene rings is 1. The molecule has 0 bridgehead atoms. The average molecular weight is 289 g/mol. The van der Waals surface area contributed by atoms with Crippen molar-refractivity contribution in [2.45, 2.75) is 6.61 Å². The molecule has 1 aromatic heterocycles. The summed E-state index contributed by atoms with van der Waals surface area (Å²) in [4.78, 5) is 14.8. The summed E-state index contributed by atoms with van der Waals surface area (Å²) in [6.45, 7) is 1.57. The second-order valence-electron chi connectivity index (χ2n) is 4.55. The highest BCUT2D eigenvalue weighted by Crippen LogP contribution is 2.13. The number of carbonyl (C=O) groups is 1. The molecule has 0 atom stereocenters. The molecule has 4 N–H and O–H groups in total. The van der Waals surface area contributed by atoms with Gasteiger partial charge in [-0.3, -0.25) is 4.79 Å². The standard InChI is InChI=1S/C15H19N3O3/c1-20-5-6-21-10-11-3-2-4-13(7-11)18-15(19)14-8-12(16)9-17-14/h2-4,7-9,17H,5-6,10,16H2,1H3,(H,18,19). The third kappa shape index (κ3) is 4.62. The maximum absolute atomic E-state index is 12.0. The summed E-state index contributed by atoms with van der Waals surface area (Å²) in [5.41, 5.74) is 8.22. The normalized spacial score (nSPS) is 10.5. The lowest BCUT2D eigenvalue weighted by molar-refractivity contribution is 0.0617. The van der Waals surface area contributed by atoms with Crippen LogP contribution in [-0.2, 0) is 16.1 Å². The lowest BCUT2D eigenvalue weighted by atomic mass is 10.2. The first-order chi connectivity index (χ1) is 10.2. The number of aromatic amines is 1. The second-order valence-corrected chi connectivity index (χ2v) is 4.55. The van der Waals surface area contributed by atoms with Gasteiger partial charge in [-0.2, -0.15) is 0 Å². The van der Waals surface area contributed by atoms with Crippen LogP contribution in [-0.4, -0.2) is 31.2 Å². The second kappa shape index (κ2) is 7.47. The van der Waals surface area contributed by atoms with E-state index in [1.807, 2.05) is 24.3 Å². The van der Waals surface area contributed by atoms with Gasteiger partial charge in [0, 0.05) is 24.7 Å². The zero-order valence-corrected chi connectivity index (χ0v) is 11.9. The van der Waals surface area contributed by atoms with Crippen LogP contribution in [0.15, 0.2) is 36.5 Å². The van der Waals surface area contributed by atoms with Crippen molar-refractivity contribution in [3.63, 3.8) is 0 Å². The lowest BCUT2D eigenvalue weighted by Gasteiger charge is -2.07. The molecule has 0 saturated carbocycles. The van der Waals surface area contributed by atoms with Crippen LogP contribution in [0.3, 0.4) is 0 Å². The van der Waals surface area contributed by atoms with Crippen LogP contribution >= 0.6 is 0 Å². The first-order valence-corrected chi connectivity index (χ1v) is 6.60. The molecule has 0 radical (unpaired) electrons. The molecular weight excluding hydrogens is 270 g/mol. The minimum absolute atomic E-state index is 0.232. The molecule has 0 fully saturated rings. The third-order valence-corrected chi connectivity index (χ3v) is 2.84. The van der Waals surface area contributed by atoms with Crippen molar-refractivity contribution in [2.75, 3.05) is 31.4 Å². The molecular formula is C15H19N3O3. The summed E-state index contributed by atoms with van der Waals surface area (Å²) >= 11 is 0. The smallest absolute Gasteiger partial charge is 0.272 e. The fourth-order valence-corrected chi connectivity index (χ4v) is 1.81. The van der Waals surface area contributed by atoms with Crippen LogP contribution in [0.25, 0.3) is 0 Å². The zero-order valence-electron chi connectivity index (χ0n) is 11.9. The third-order valence-electron chi connectivity index (χ3n) is 2.84. The number of amides is 1. The van der Waals surface area contributed by atoms with Crippen molar-refractivity contribution in [2.24, 2.45) is 0 Å². The molecule has 6 nitrogen and oxygen atoms in total. The highest BCUT2D eigenvalue weighted by molar-refractivity contribution is 6.03. The van der Waals surface area contributed by atoms with E-state index in [9.17, 15) is 4.79 Å². The maximum atomic E-state index is 12.0. The Morgan fingerprint density at radius 3 is 2.90 bits per heavy atom. The molecule has 0 spiro atoms.